The predicted molar refractivity (Wildman–Crippen MR) is 215 cm³/mol. The topological polar surface area (TPSA) is 117 Å². The van der Waals surface area contributed by atoms with Crippen LogP contribution in [-0.2, 0) is 27.9 Å². The third-order valence-electron chi connectivity index (χ3n) is 8.20. The average molecular weight is 738 g/mol. The van der Waals surface area contributed by atoms with Crippen molar-refractivity contribution in [2.45, 2.75) is 168 Å². The van der Waals surface area contributed by atoms with Crippen molar-refractivity contribution in [3.8, 4) is 0 Å². The number of ether oxygens (including phenoxy) is 2. The van der Waals surface area contributed by atoms with Gasteiger partial charge in [0.2, 0.25) is 0 Å². The number of allylic oxidation sites excluding steroid dienone is 10. The molecule has 0 aliphatic heterocycles. The molecule has 0 bridgehead atoms. The van der Waals surface area contributed by atoms with Crippen molar-refractivity contribution < 1.29 is 32.8 Å². The molecule has 2 atom stereocenters. The Morgan fingerprint density at radius 3 is 1.57 bits per heavy atom. The number of phosphoric ester groups is 1. The highest BCUT2D eigenvalue weighted by Gasteiger charge is 2.25. The Labute approximate surface area is 313 Å². The molecule has 0 fully saturated rings. The van der Waals surface area contributed by atoms with Crippen LogP contribution in [0.5, 0.6) is 0 Å². The van der Waals surface area contributed by atoms with Gasteiger partial charge in [-0.2, -0.15) is 0 Å². The summed E-state index contributed by atoms with van der Waals surface area (Å²) in [5.74, 6) is -0.387. The first-order valence-corrected chi connectivity index (χ1v) is 21.8. The van der Waals surface area contributed by atoms with Gasteiger partial charge in [-0.3, -0.25) is 13.8 Å². The molecule has 296 valence electrons. The van der Waals surface area contributed by atoms with Crippen molar-refractivity contribution in [2.75, 3.05) is 33.0 Å². The Kier molecular flexibility index (Phi) is 38.0. The molecule has 9 heteroatoms. The highest BCUT2D eigenvalue weighted by molar-refractivity contribution is 7.47. The molecule has 0 rings (SSSR count). The maximum absolute atomic E-state index is 12.5. The van der Waals surface area contributed by atoms with Crippen molar-refractivity contribution in [3.05, 3.63) is 60.8 Å². The monoisotopic (exact) mass is 738 g/mol. The van der Waals surface area contributed by atoms with E-state index in [4.69, 9.17) is 24.3 Å². The second kappa shape index (κ2) is 39.4. The minimum Gasteiger partial charge on any atom is -0.457 e. The molecule has 0 saturated carbocycles. The van der Waals surface area contributed by atoms with Crippen LogP contribution in [0.1, 0.15) is 162 Å². The quantitative estimate of drug-likeness (QED) is 0.0278. The number of unbranched alkanes of at least 4 members (excludes halogenated alkanes) is 15. The lowest BCUT2D eigenvalue weighted by Crippen LogP contribution is -2.28. The number of carbonyl (C=O) groups is 1. The van der Waals surface area contributed by atoms with Crippen molar-refractivity contribution in [2.24, 2.45) is 5.73 Å². The summed E-state index contributed by atoms with van der Waals surface area (Å²) in [6.45, 7) is 4.73. The lowest BCUT2D eigenvalue weighted by molar-refractivity contribution is -0.154. The van der Waals surface area contributed by atoms with E-state index in [0.717, 1.165) is 51.4 Å². The van der Waals surface area contributed by atoms with E-state index in [1.165, 1.54) is 83.5 Å². The van der Waals surface area contributed by atoms with Gasteiger partial charge in [0.05, 0.1) is 19.8 Å². The van der Waals surface area contributed by atoms with E-state index in [0.29, 0.717) is 13.0 Å². The Hall–Kier alpha value is -1.80. The summed E-state index contributed by atoms with van der Waals surface area (Å²) in [6, 6.07) is 0. The van der Waals surface area contributed by atoms with Gasteiger partial charge in [0, 0.05) is 19.6 Å². The molecule has 3 N–H and O–H groups in total. The molecular weight excluding hydrogens is 661 g/mol. The van der Waals surface area contributed by atoms with Gasteiger partial charge >= 0.3 is 13.8 Å². The molecule has 0 radical (unpaired) electrons. The van der Waals surface area contributed by atoms with E-state index >= 15 is 0 Å². The number of phosphoric acid groups is 1. The third kappa shape index (κ3) is 39.2. The first-order chi connectivity index (χ1) is 24.9. The fourth-order valence-corrected chi connectivity index (χ4v) is 6.03. The standard InChI is InChI=1S/C42H76NO7P/c1-3-5-7-9-11-13-15-17-19-20-21-23-25-27-29-31-33-35-42(44)50-41(40-49-51(45,46)48-38-36-43)39-47-37-34-32-30-28-26-24-22-18-16-14-12-10-8-6-4-2/h5,7,11,13,17,19,21,23,27,29,41H,3-4,6,8-10,12,14-16,18,20,22,24-26,28,30-40,43H2,1-2H3,(H,45,46)/b7-5-,13-11-,19-17-,23-21-,29-27-. The van der Waals surface area contributed by atoms with E-state index in [1.54, 1.807) is 0 Å². The van der Waals surface area contributed by atoms with E-state index in [-0.39, 0.29) is 38.8 Å². The molecule has 0 saturated heterocycles. The highest BCUT2D eigenvalue weighted by atomic mass is 31.2. The van der Waals surface area contributed by atoms with Crippen LogP contribution in [0.4, 0.5) is 0 Å². The molecule has 0 heterocycles. The van der Waals surface area contributed by atoms with Crippen LogP contribution < -0.4 is 5.73 Å². The van der Waals surface area contributed by atoms with E-state index in [1.807, 2.05) is 0 Å². The Balaban J connectivity index is 4.17. The Bertz CT molecular complexity index is 963. The van der Waals surface area contributed by atoms with Crippen LogP contribution >= 0.6 is 7.82 Å². The Morgan fingerprint density at radius 2 is 1.08 bits per heavy atom. The maximum atomic E-state index is 12.5. The summed E-state index contributed by atoms with van der Waals surface area (Å²) in [4.78, 5) is 22.4. The summed E-state index contributed by atoms with van der Waals surface area (Å²) in [5.41, 5.74) is 5.36. The van der Waals surface area contributed by atoms with Crippen LogP contribution in [0.3, 0.4) is 0 Å². The molecule has 51 heavy (non-hydrogen) atoms. The van der Waals surface area contributed by atoms with Crippen LogP contribution in [0.15, 0.2) is 60.8 Å². The molecule has 0 aliphatic carbocycles. The molecule has 0 aromatic rings. The fourth-order valence-electron chi connectivity index (χ4n) is 5.27. The van der Waals surface area contributed by atoms with Gasteiger partial charge in [-0.05, 0) is 51.4 Å². The molecule has 0 aromatic heterocycles. The van der Waals surface area contributed by atoms with Crippen LogP contribution in [0.2, 0.25) is 0 Å². The van der Waals surface area contributed by atoms with Crippen LogP contribution in [0, 0.1) is 0 Å². The predicted octanol–water partition coefficient (Wildman–Crippen LogP) is 11.8. The van der Waals surface area contributed by atoms with Gasteiger partial charge in [-0.15, -0.1) is 0 Å². The second-order valence-corrected chi connectivity index (χ2v) is 14.6. The van der Waals surface area contributed by atoms with Gasteiger partial charge in [0.15, 0.2) is 0 Å². The van der Waals surface area contributed by atoms with Crippen molar-refractivity contribution in [1.82, 2.24) is 0 Å². The molecule has 2 unspecified atom stereocenters. The molecular formula is C42H76NO7P. The number of hydrogen-bond donors (Lipinski definition) is 2. The Morgan fingerprint density at radius 1 is 0.608 bits per heavy atom. The fraction of sp³-hybridized carbons (Fsp3) is 0.738. The number of esters is 1. The number of hydrogen-bond acceptors (Lipinski definition) is 7. The van der Waals surface area contributed by atoms with Crippen LogP contribution in [-0.4, -0.2) is 49.9 Å². The largest absolute Gasteiger partial charge is 0.472 e. The zero-order valence-corrected chi connectivity index (χ0v) is 33.5. The molecule has 0 aromatic carbocycles. The lowest BCUT2D eigenvalue weighted by Gasteiger charge is -2.20. The molecule has 0 amide bonds. The van der Waals surface area contributed by atoms with Gasteiger partial charge in [-0.25, -0.2) is 4.57 Å². The zero-order chi connectivity index (χ0) is 37.4. The van der Waals surface area contributed by atoms with Gasteiger partial charge in [0.25, 0.3) is 0 Å². The second-order valence-electron chi connectivity index (χ2n) is 13.1. The summed E-state index contributed by atoms with van der Waals surface area (Å²) in [5, 5.41) is 0. The van der Waals surface area contributed by atoms with Crippen molar-refractivity contribution >= 4 is 13.8 Å². The van der Waals surface area contributed by atoms with E-state index in [9.17, 15) is 14.3 Å². The van der Waals surface area contributed by atoms with Crippen molar-refractivity contribution in [1.29, 1.82) is 0 Å². The van der Waals surface area contributed by atoms with E-state index in [2.05, 4.69) is 74.6 Å². The van der Waals surface area contributed by atoms with Crippen LogP contribution in [0.25, 0.3) is 0 Å². The SMILES string of the molecule is CC/C=C\C/C=C\C/C=C\C/C=C\C/C=C\CCCC(=O)OC(COCCCCCCCCCCCCCCCCC)COP(=O)(O)OCCN. The summed E-state index contributed by atoms with van der Waals surface area (Å²) in [6.07, 6.45) is 46.7. The smallest absolute Gasteiger partial charge is 0.457 e. The zero-order valence-electron chi connectivity index (χ0n) is 32.6. The molecule has 8 nitrogen and oxygen atoms in total. The van der Waals surface area contributed by atoms with Gasteiger partial charge in [0.1, 0.15) is 6.10 Å². The van der Waals surface area contributed by atoms with Gasteiger partial charge < -0.3 is 20.1 Å². The first-order valence-electron chi connectivity index (χ1n) is 20.3. The average Bonchev–Trinajstić information content (AvgIpc) is 3.12. The summed E-state index contributed by atoms with van der Waals surface area (Å²) >= 11 is 0. The van der Waals surface area contributed by atoms with Gasteiger partial charge in [-0.1, -0.05) is 164 Å². The minimum absolute atomic E-state index is 0.0899. The summed E-state index contributed by atoms with van der Waals surface area (Å²) < 4.78 is 33.3. The highest BCUT2D eigenvalue weighted by Crippen LogP contribution is 2.43. The number of rotatable bonds is 38. The van der Waals surface area contributed by atoms with E-state index < -0.39 is 13.9 Å². The number of carbonyl (C=O) groups excluding carboxylic acids is 1. The molecule has 0 aliphatic rings. The minimum atomic E-state index is -4.29. The molecule has 0 spiro atoms. The normalized spacial score (nSPS) is 14.2. The van der Waals surface area contributed by atoms with Crippen molar-refractivity contribution in [3.63, 3.8) is 0 Å². The third-order valence-corrected chi connectivity index (χ3v) is 9.18. The first kappa shape index (κ1) is 49.2. The maximum Gasteiger partial charge on any atom is 0.472 e. The number of nitrogens with two attached hydrogens (primary N) is 1. The summed E-state index contributed by atoms with van der Waals surface area (Å²) in [7, 11) is -4.29. The lowest BCUT2D eigenvalue weighted by atomic mass is 10.0.